The number of hydrogen-bond acceptors (Lipinski definition) is 4. The summed E-state index contributed by atoms with van der Waals surface area (Å²) in [6, 6.07) is 5.43. The van der Waals surface area contributed by atoms with Gasteiger partial charge < -0.3 is 10.6 Å². The normalized spacial score (nSPS) is 20.4. The molecule has 1 heterocycles. The van der Waals surface area contributed by atoms with Crippen LogP contribution in [-0.2, 0) is 0 Å². The van der Waals surface area contributed by atoms with Crippen molar-refractivity contribution in [2.75, 3.05) is 18.0 Å². The summed E-state index contributed by atoms with van der Waals surface area (Å²) in [4.78, 5) is 12.6. The number of halogens is 1. The number of rotatable bonds is 2. The van der Waals surface area contributed by atoms with Crippen LogP contribution in [0.25, 0.3) is 0 Å². The summed E-state index contributed by atoms with van der Waals surface area (Å²) >= 11 is 2.00. The standard InChI is InChI=1S/C11H14IN3O2/c12-10-6-9(3-4-11(10)15(16)17)14-5-1-2-8(13)7-14/h3-4,6,8H,1-2,5,7,13H2/t8-/m1/s1. The molecule has 0 saturated carbocycles. The maximum absolute atomic E-state index is 10.7. The highest BCUT2D eigenvalue weighted by molar-refractivity contribution is 14.1. The molecule has 5 nitrogen and oxygen atoms in total. The number of nitrogens with two attached hydrogens (primary N) is 1. The molecule has 1 aliphatic rings. The molecule has 2 rings (SSSR count). The summed E-state index contributed by atoms with van der Waals surface area (Å²) in [6.07, 6.45) is 2.13. The minimum Gasteiger partial charge on any atom is -0.370 e. The van der Waals surface area contributed by atoms with Crippen LogP contribution < -0.4 is 10.6 Å². The first kappa shape index (κ1) is 12.6. The Bertz CT molecular complexity index is 439. The Morgan fingerprint density at radius 2 is 2.29 bits per heavy atom. The van der Waals surface area contributed by atoms with Crippen LogP contribution in [0.2, 0.25) is 0 Å². The lowest BCUT2D eigenvalue weighted by atomic mass is 10.1. The number of nitrogens with zero attached hydrogens (tertiary/aromatic N) is 2. The fraction of sp³-hybridized carbons (Fsp3) is 0.455. The molecule has 1 atom stereocenters. The Balaban J connectivity index is 2.22. The second-order valence-electron chi connectivity index (χ2n) is 4.24. The molecule has 0 aromatic heterocycles. The monoisotopic (exact) mass is 347 g/mol. The van der Waals surface area contributed by atoms with E-state index >= 15 is 0 Å². The maximum atomic E-state index is 10.7. The number of nitro benzene ring substituents is 1. The molecule has 1 aromatic rings. The van der Waals surface area contributed by atoms with Crippen molar-refractivity contribution in [2.24, 2.45) is 5.73 Å². The van der Waals surface area contributed by atoms with Crippen molar-refractivity contribution in [1.29, 1.82) is 0 Å². The molecule has 1 saturated heterocycles. The predicted molar refractivity (Wildman–Crippen MR) is 75.2 cm³/mol. The van der Waals surface area contributed by atoms with Gasteiger partial charge in [0.05, 0.1) is 8.49 Å². The fourth-order valence-electron chi connectivity index (χ4n) is 2.09. The molecular weight excluding hydrogens is 333 g/mol. The third kappa shape index (κ3) is 2.86. The van der Waals surface area contributed by atoms with Crippen LogP contribution in [0.5, 0.6) is 0 Å². The van der Waals surface area contributed by atoms with Crippen LogP contribution in [0.1, 0.15) is 12.8 Å². The zero-order chi connectivity index (χ0) is 12.4. The van der Waals surface area contributed by atoms with E-state index in [1.807, 2.05) is 28.7 Å². The molecule has 0 spiro atoms. The lowest BCUT2D eigenvalue weighted by molar-refractivity contribution is -0.385. The summed E-state index contributed by atoms with van der Waals surface area (Å²) in [5, 5.41) is 10.7. The number of hydrogen-bond donors (Lipinski definition) is 1. The van der Waals surface area contributed by atoms with Gasteiger partial charge in [-0.3, -0.25) is 10.1 Å². The van der Waals surface area contributed by atoms with Crippen molar-refractivity contribution in [3.8, 4) is 0 Å². The summed E-state index contributed by atoms with van der Waals surface area (Å²) in [5.74, 6) is 0. The summed E-state index contributed by atoms with van der Waals surface area (Å²) < 4.78 is 0.671. The van der Waals surface area contributed by atoms with Gasteiger partial charge in [0.1, 0.15) is 0 Å². The minimum absolute atomic E-state index is 0.163. The molecule has 0 aliphatic carbocycles. The number of benzene rings is 1. The SMILES string of the molecule is N[C@@H]1CCCN(c2ccc([N+](=O)[O-])c(I)c2)C1. The van der Waals surface area contributed by atoms with E-state index in [-0.39, 0.29) is 16.7 Å². The molecule has 2 N–H and O–H groups in total. The Hall–Kier alpha value is -0.890. The second-order valence-corrected chi connectivity index (χ2v) is 5.40. The number of anilines is 1. The zero-order valence-electron chi connectivity index (χ0n) is 9.30. The third-order valence-electron chi connectivity index (χ3n) is 2.95. The molecule has 17 heavy (non-hydrogen) atoms. The summed E-state index contributed by atoms with van der Waals surface area (Å²) in [5.41, 5.74) is 7.11. The molecule has 1 aliphatic heterocycles. The highest BCUT2D eigenvalue weighted by Gasteiger charge is 2.19. The minimum atomic E-state index is -0.354. The molecule has 1 aromatic carbocycles. The van der Waals surface area contributed by atoms with E-state index in [1.165, 1.54) is 0 Å². The second kappa shape index (κ2) is 5.18. The Labute approximate surface area is 113 Å². The lowest BCUT2D eigenvalue weighted by Crippen LogP contribution is -2.42. The molecule has 0 radical (unpaired) electrons. The van der Waals surface area contributed by atoms with Crippen LogP contribution in [-0.4, -0.2) is 24.1 Å². The van der Waals surface area contributed by atoms with Crippen molar-refractivity contribution >= 4 is 34.0 Å². The van der Waals surface area contributed by atoms with E-state index < -0.39 is 0 Å². The summed E-state index contributed by atoms with van der Waals surface area (Å²) in [6.45, 7) is 1.80. The molecule has 6 heteroatoms. The fourth-order valence-corrected chi connectivity index (χ4v) is 2.78. The van der Waals surface area contributed by atoms with Gasteiger partial charge in [-0.15, -0.1) is 0 Å². The van der Waals surface area contributed by atoms with Gasteiger partial charge in [0, 0.05) is 30.9 Å². The van der Waals surface area contributed by atoms with Gasteiger partial charge >= 0.3 is 0 Å². The first-order valence-corrected chi connectivity index (χ1v) is 6.60. The third-order valence-corrected chi connectivity index (χ3v) is 3.81. The zero-order valence-corrected chi connectivity index (χ0v) is 11.5. The molecule has 0 unspecified atom stereocenters. The van der Waals surface area contributed by atoms with Crippen LogP contribution in [0.4, 0.5) is 11.4 Å². The van der Waals surface area contributed by atoms with Crippen molar-refractivity contribution in [2.45, 2.75) is 18.9 Å². The van der Waals surface area contributed by atoms with Crippen molar-refractivity contribution < 1.29 is 4.92 Å². The Morgan fingerprint density at radius 1 is 1.53 bits per heavy atom. The van der Waals surface area contributed by atoms with Gasteiger partial charge in [-0.05, 0) is 47.6 Å². The maximum Gasteiger partial charge on any atom is 0.282 e. The molecule has 92 valence electrons. The quantitative estimate of drug-likeness (QED) is 0.505. The lowest BCUT2D eigenvalue weighted by Gasteiger charge is -2.32. The molecule has 0 bridgehead atoms. The number of nitro groups is 1. The topological polar surface area (TPSA) is 72.4 Å². The summed E-state index contributed by atoms with van der Waals surface area (Å²) in [7, 11) is 0. The average molecular weight is 347 g/mol. The van der Waals surface area contributed by atoms with E-state index in [4.69, 9.17) is 5.73 Å². The Morgan fingerprint density at radius 3 is 2.88 bits per heavy atom. The molecule has 1 fully saturated rings. The van der Waals surface area contributed by atoms with Crippen molar-refractivity contribution in [3.63, 3.8) is 0 Å². The molecule has 0 amide bonds. The van der Waals surface area contributed by atoms with Gasteiger partial charge in [0.15, 0.2) is 0 Å². The highest BCUT2D eigenvalue weighted by Crippen LogP contribution is 2.27. The van der Waals surface area contributed by atoms with Crippen LogP contribution in [0.3, 0.4) is 0 Å². The van der Waals surface area contributed by atoms with E-state index in [1.54, 1.807) is 12.1 Å². The van der Waals surface area contributed by atoms with Gasteiger partial charge in [0.2, 0.25) is 0 Å². The van der Waals surface area contributed by atoms with E-state index in [2.05, 4.69) is 4.90 Å². The smallest absolute Gasteiger partial charge is 0.282 e. The van der Waals surface area contributed by atoms with Gasteiger partial charge in [-0.25, -0.2) is 0 Å². The Kier molecular flexibility index (Phi) is 3.82. The van der Waals surface area contributed by atoms with E-state index in [0.29, 0.717) is 3.57 Å². The van der Waals surface area contributed by atoms with Crippen LogP contribution in [0, 0.1) is 13.7 Å². The highest BCUT2D eigenvalue weighted by atomic mass is 127. The van der Waals surface area contributed by atoms with Gasteiger partial charge in [-0.1, -0.05) is 0 Å². The van der Waals surface area contributed by atoms with Gasteiger partial charge in [0.25, 0.3) is 5.69 Å². The van der Waals surface area contributed by atoms with Crippen LogP contribution in [0.15, 0.2) is 18.2 Å². The number of piperidine rings is 1. The first-order valence-electron chi connectivity index (χ1n) is 5.52. The largest absolute Gasteiger partial charge is 0.370 e. The predicted octanol–water partition coefficient (Wildman–Crippen LogP) is 2.13. The van der Waals surface area contributed by atoms with Gasteiger partial charge in [-0.2, -0.15) is 0 Å². The molecular formula is C11H14IN3O2. The van der Waals surface area contributed by atoms with Crippen molar-refractivity contribution in [3.05, 3.63) is 31.9 Å². The average Bonchev–Trinajstić information content (AvgIpc) is 2.28. The van der Waals surface area contributed by atoms with E-state index in [0.717, 1.165) is 31.6 Å². The first-order chi connectivity index (χ1) is 8.08. The van der Waals surface area contributed by atoms with Crippen molar-refractivity contribution in [1.82, 2.24) is 0 Å². The van der Waals surface area contributed by atoms with Crippen LogP contribution >= 0.6 is 22.6 Å². The van der Waals surface area contributed by atoms with E-state index in [9.17, 15) is 10.1 Å².